The lowest BCUT2D eigenvalue weighted by Gasteiger charge is -2.06. The second-order valence-electron chi connectivity index (χ2n) is 2.83. The molecule has 0 heterocycles. The van der Waals surface area contributed by atoms with Gasteiger partial charge in [-0.2, -0.15) is 0 Å². The van der Waals surface area contributed by atoms with E-state index in [4.69, 9.17) is 22.1 Å². The predicted octanol–water partition coefficient (Wildman–Crippen LogP) is -0.277. The van der Waals surface area contributed by atoms with Crippen molar-refractivity contribution < 1.29 is 14.7 Å². The molecule has 0 amide bonds. The van der Waals surface area contributed by atoms with Crippen molar-refractivity contribution in [3.05, 3.63) is 0 Å². The van der Waals surface area contributed by atoms with E-state index >= 15 is 0 Å². The number of nitrogens with two attached hydrogens (primary N) is 1. The first-order valence-corrected chi connectivity index (χ1v) is 4.45. The van der Waals surface area contributed by atoms with Crippen molar-refractivity contribution in [2.24, 2.45) is 5.73 Å². The Morgan fingerprint density at radius 2 is 2.36 bits per heavy atom. The van der Waals surface area contributed by atoms with Crippen LogP contribution in [-0.2, 0) is 9.63 Å². The summed E-state index contributed by atoms with van der Waals surface area (Å²) in [5, 5.41) is 8.47. The number of hydrogen-bond donors (Lipinski definition) is 3. The number of terminal acetylenes is 1. The molecular formula is C9H16N2O3. The number of carboxylic acids is 1. The standard InChI is InChI=1S/C9H16N2O3/c1-2-7-14-11-6-4-3-5-8(10)9(12)13/h1,8,11H,3-7,10H2,(H,12,13). The maximum absolute atomic E-state index is 10.3. The highest BCUT2D eigenvalue weighted by Crippen LogP contribution is 1.97. The Bertz CT molecular complexity index is 201. The summed E-state index contributed by atoms with van der Waals surface area (Å²) in [6, 6.07) is -0.762. The van der Waals surface area contributed by atoms with Gasteiger partial charge in [0.25, 0.3) is 0 Å². The van der Waals surface area contributed by atoms with Crippen LogP contribution in [0.4, 0.5) is 0 Å². The van der Waals surface area contributed by atoms with Gasteiger partial charge in [-0.25, -0.2) is 5.48 Å². The normalized spacial score (nSPS) is 12.0. The van der Waals surface area contributed by atoms with E-state index in [1.54, 1.807) is 0 Å². The molecule has 1 unspecified atom stereocenters. The minimum absolute atomic E-state index is 0.231. The topological polar surface area (TPSA) is 84.6 Å². The summed E-state index contributed by atoms with van der Waals surface area (Å²) >= 11 is 0. The van der Waals surface area contributed by atoms with E-state index in [1.165, 1.54) is 0 Å². The van der Waals surface area contributed by atoms with E-state index in [0.717, 1.165) is 12.8 Å². The van der Waals surface area contributed by atoms with Crippen molar-refractivity contribution in [1.82, 2.24) is 5.48 Å². The number of carbonyl (C=O) groups is 1. The molecule has 0 aliphatic heterocycles. The lowest BCUT2D eigenvalue weighted by atomic mass is 10.1. The zero-order valence-electron chi connectivity index (χ0n) is 8.03. The average Bonchev–Trinajstić information content (AvgIpc) is 2.16. The van der Waals surface area contributed by atoms with Crippen LogP contribution in [0.5, 0.6) is 0 Å². The van der Waals surface area contributed by atoms with Gasteiger partial charge in [0, 0.05) is 6.54 Å². The summed E-state index contributed by atoms with van der Waals surface area (Å²) in [6.07, 6.45) is 6.98. The average molecular weight is 200 g/mol. The third-order valence-corrected chi connectivity index (χ3v) is 1.62. The molecule has 0 aromatic rings. The maximum atomic E-state index is 10.3. The quantitative estimate of drug-likeness (QED) is 0.285. The largest absolute Gasteiger partial charge is 0.480 e. The SMILES string of the molecule is C#CCONCCCCC(N)C(=O)O. The van der Waals surface area contributed by atoms with Gasteiger partial charge in [-0.3, -0.25) is 9.63 Å². The van der Waals surface area contributed by atoms with E-state index in [2.05, 4.69) is 11.4 Å². The Balaban J connectivity index is 3.14. The van der Waals surface area contributed by atoms with Crippen LogP contribution in [0.2, 0.25) is 0 Å². The van der Waals surface area contributed by atoms with Crippen LogP contribution in [0.1, 0.15) is 19.3 Å². The molecule has 0 aliphatic rings. The minimum Gasteiger partial charge on any atom is -0.480 e. The van der Waals surface area contributed by atoms with Gasteiger partial charge in [-0.1, -0.05) is 5.92 Å². The summed E-state index contributed by atoms with van der Waals surface area (Å²) < 4.78 is 0. The summed E-state index contributed by atoms with van der Waals surface area (Å²) in [5.41, 5.74) is 7.96. The molecule has 0 aromatic carbocycles. The van der Waals surface area contributed by atoms with Crippen LogP contribution in [-0.4, -0.2) is 30.3 Å². The molecule has 0 aromatic heterocycles. The Kier molecular flexibility index (Phi) is 7.84. The molecule has 0 radical (unpaired) electrons. The molecule has 5 nitrogen and oxygen atoms in total. The molecule has 0 saturated heterocycles. The maximum Gasteiger partial charge on any atom is 0.320 e. The zero-order chi connectivity index (χ0) is 10.8. The van der Waals surface area contributed by atoms with Crippen LogP contribution in [0, 0.1) is 12.3 Å². The van der Waals surface area contributed by atoms with Crippen molar-refractivity contribution in [3.8, 4) is 12.3 Å². The second-order valence-corrected chi connectivity index (χ2v) is 2.83. The lowest BCUT2D eigenvalue weighted by molar-refractivity contribution is -0.138. The van der Waals surface area contributed by atoms with Crippen LogP contribution in [0.3, 0.4) is 0 Å². The molecule has 14 heavy (non-hydrogen) atoms. The first-order chi connectivity index (χ1) is 6.68. The van der Waals surface area contributed by atoms with Crippen LogP contribution < -0.4 is 11.2 Å². The third-order valence-electron chi connectivity index (χ3n) is 1.62. The van der Waals surface area contributed by atoms with Gasteiger partial charge in [0.2, 0.25) is 0 Å². The number of hydrogen-bond acceptors (Lipinski definition) is 4. The van der Waals surface area contributed by atoms with Crippen LogP contribution >= 0.6 is 0 Å². The number of carboxylic acid groups (broad SMARTS) is 1. The molecule has 0 rings (SSSR count). The summed E-state index contributed by atoms with van der Waals surface area (Å²) in [7, 11) is 0. The fourth-order valence-electron chi connectivity index (χ4n) is 0.850. The molecule has 0 bridgehead atoms. The molecule has 0 spiro atoms. The molecule has 0 aliphatic carbocycles. The molecule has 80 valence electrons. The molecule has 5 heteroatoms. The Morgan fingerprint density at radius 3 is 2.93 bits per heavy atom. The highest BCUT2D eigenvalue weighted by Gasteiger charge is 2.09. The van der Waals surface area contributed by atoms with Gasteiger partial charge in [0.1, 0.15) is 12.6 Å². The first kappa shape index (κ1) is 12.9. The highest BCUT2D eigenvalue weighted by molar-refractivity contribution is 5.72. The van der Waals surface area contributed by atoms with Crippen molar-refractivity contribution >= 4 is 5.97 Å². The van der Waals surface area contributed by atoms with E-state index in [-0.39, 0.29) is 6.61 Å². The van der Waals surface area contributed by atoms with Gasteiger partial charge in [-0.15, -0.1) is 6.42 Å². The lowest BCUT2D eigenvalue weighted by Crippen LogP contribution is -2.30. The fraction of sp³-hybridized carbons (Fsp3) is 0.667. The molecule has 4 N–H and O–H groups in total. The van der Waals surface area contributed by atoms with Crippen molar-refractivity contribution in [2.45, 2.75) is 25.3 Å². The van der Waals surface area contributed by atoms with E-state index < -0.39 is 12.0 Å². The summed E-state index contributed by atoms with van der Waals surface area (Å²) in [5.74, 6) is 1.35. The van der Waals surface area contributed by atoms with Crippen molar-refractivity contribution in [2.75, 3.05) is 13.2 Å². The molecule has 0 saturated carbocycles. The summed E-state index contributed by atoms with van der Waals surface area (Å²) in [6.45, 7) is 0.878. The smallest absolute Gasteiger partial charge is 0.320 e. The number of rotatable bonds is 8. The van der Waals surface area contributed by atoms with Gasteiger partial charge >= 0.3 is 5.97 Å². The Labute approximate surface area is 83.6 Å². The van der Waals surface area contributed by atoms with E-state index in [0.29, 0.717) is 13.0 Å². The van der Waals surface area contributed by atoms with Gasteiger partial charge < -0.3 is 10.8 Å². The predicted molar refractivity (Wildman–Crippen MR) is 52.2 cm³/mol. The van der Waals surface area contributed by atoms with E-state index in [1.807, 2.05) is 0 Å². The first-order valence-electron chi connectivity index (χ1n) is 4.45. The number of nitrogens with one attached hydrogen (secondary N) is 1. The van der Waals surface area contributed by atoms with Crippen molar-refractivity contribution in [1.29, 1.82) is 0 Å². The summed E-state index contributed by atoms with van der Waals surface area (Å²) in [4.78, 5) is 15.1. The number of unbranched alkanes of at least 4 members (excludes halogenated alkanes) is 1. The Morgan fingerprint density at radius 1 is 1.64 bits per heavy atom. The number of aliphatic carboxylic acids is 1. The van der Waals surface area contributed by atoms with Gasteiger partial charge in [0.05, 0.1) is 0 Å². The number of hydroxylamine groups is 1. The molecule has 1 atom stereocenters. The Hall–Kier alpha value is -1.09. The third kappa shape index (κ3) is 7.55. The van der Waals surface area contributed by atoms with Gasteiger partial charge in [-0.05, 0) is 19.3 Å². The monoisotopic (exact) mass is 200 g/mol. The van der Waals surface area contributed by atoms with Crippen LogP contribution in [0.15, 0.2) is 0 Å². The van der Waals surface area contributed by atoms with E-state index in [9.17, 15) is 4.79 Å². The molecular weight excluding hydrogens is 184 g/mol. The second kappa shape index (κ2) is 8.51. The zero-order valence-corrected chi connectivity index (χ0v) is 8.03. The van der Waals surface area contributed by atoms with Crippen molar-refractivity contribution in [3.63, 3.8) is 0 Å². The fourth-order valence-corrected chi connectivity index (χ4v) is 0.850. The highest BCUT2D eigenvalue weighted by atomic mass is 16.6. The minimum atomic E-state index is -0.957. The van der Waals surface area contributed by atoms with Crippen LogP contribution in [0.25, 0.3) is 0 Å². The van der Waals surface area contributed by atoms with Gasteiger partial charge in [0.15, 0.2) is 0 Å². The molecule has 0 fully saturated rings.